The number of rotatable bonds is 4. The third-order valence-electron chi connectivity index (χ3n) is 1.87. The monoisotopic (exact) mass is 228 g/mol. The molecule has 0 bridgehead atoms. The number of alkyl halides is 2. The Balaban J connectivity index is 3.07. The van der Waals surface area contributed by atoms with Crippen LogP contribution in [-0.2, 0) is 4.79 Å². The van der Waals surface area contributed by atoms with Gasteiger partial charge in [-0.2, -0.15) is 8.78 Å². The van der Waals surface area contributed by atoms with Gasteiger partial charge in [-0.1, -0.05) is 18.2 Å². The van der Waals surface area contributed by atoms with Crippen LogP contribution in [0.4, 0.5) is 8.78 Å². The molecule has 0 atom stereocenters. The van der Waals surface area contributed by atoms with Crippen molar-refractivity contribution in [2.24, 2.45) is 0 Å². The number of carbonyl (C=O) groups is 1. The van der Waals surface area contributed by atoms with Crippen LogP contribution in [0.15, 0.2) is 30.3 Å². The Morgan fingerprint density at radius 3 is 2.62 bits per heavy atom. The van der Waals surface area contributed by atoms with Crippen LogP contribution in [0.1, 0.15) is 12.5 Å². The second-order valence-corrected chi connectivity index (χ2v) is 3.04. The summed E-state index contributed by atoms with van der Waals surface area (Å²) in [5.41, 5.74) is 0.689. The topological polar surface area (TPSA) is 46.5 Å². The SMILES string of the molecule is C/C(=C/C(=O)O)c1ccccc1OC(F)F. The highest BCUT2D eigenvalue weighted by Crippen LogP contribution is 2.26. The standard InChI is InChI=1S/C11H10F2O3/c1-7(6-10(14)15)8-4-2-3-5-9(8)16-11(12)13/h2-6,11H,1H3,(H,14,15)/b7-6-. The highest BCUT2D eigenvalue weighted by Gasteiger charge is 2.10. The summed E-state index contributed by atoms with van der Waals surface area (Å²) >= 11 is 0. The molecular formula is C11H10F2O3. The fourth-order valence-corrected chi connectivity index (χ4v) is 1.25. The molecule has 0 aliphatic rings. The summed E-state index contributed by atoms with van der Waals surface area (Å²) in [6, 6.07) is 6.04. The molecule has 0 fully saturated rings. The average Bonchev–Trinajstić information content (AvgIpc) is 2.16. The van der Waals surface area contributed by atoms with Crippen molar-refractivity contribution in [1.82, 2.24) is 0 Å². The fraction of sp³-hybridized carbons (Fsp3) is 0.182. The lowest BCUT2D eigenvalue weighted by Gasteiger charge is -2.10. The van der Waals surface area contributed by atoms with Crippen LogP contribution in [0.3, 0.4) is 0 Å². The maximum absolute atomic E-state index is 12.1. The van der Waals surface area contributed by atoms with E-state index in [1.54, 1.807) is 6.07 Å². The van der Waals surface area contributed by atoms with Gasteiger partial charge in [0, 0.05) is 11.6 Å². The smallest absolute Gasteiger partial charge is 0.387 e. The Morgan fingerprint density at radius 1 is 1.44 bits per heavy atom. The van der Waals surface area contributed by atoms with E-state index in [-0.39, 0.29) is 5.75 Å². The zero-order chi connectivity index (χ0) is 12.1. The van der Waals surface area contributed by atoms with Crippen molar-refractivity contribution in [2.75, 3.05) is 0 Å². The number of aliphatic carboxylic acids is 1. The molecule has 86 valence electrons. The van der Waals surface area contributed by atoms with E-state index >= 15 is 0 Å². The van der Waals surface area contributed by atoms with E-state index in [0.717, 1.165) is 6.08 Å². The molecule has 3 nitrogen and oxygen atoms in total. The summed E-state index contributed by atoms with van der Waals surface area (Å²) in [6.07, 6.45) is 0.938. The third kappa shape index (κ3) is 3.34. The summed E-state index contributed by atoms with van der Waals surface area (Å²) in [6.45, 7) is -1.42. The number of carboxylic acids is 1. The molecule has 0 radical (unpaired) electrons. The molecule has 1 aromatic rings. The second-order valence-electron chi connectivity index (χ2n) is 3.04. The zero-order valence-corrected chi connectivity index (χ0v) is 8.48. The van der Waals surface area contributed by atoms with Gasteiger partial charge < -0.3 is 9.84 Å². The Labute approximate surface area is 91.0 Å². The maximum Gasteiger partial charge on any atom is 0.387 e. The van der Waals surface area contributed by atoms with Crippen molar-refractivity contribution in [2.45, 2.75) is 13.5 Å². The number of benzene rings is 1. The van der Waals surface area contributed by atoms with E-state index in [1.807, 2.05) is 0 Å². The van der Waals surface area contributed by atoms with Crippen LogP contribution < -0.4 is 4.74 Å². The molecular weight excluding hydrogens is 218 g/mol. The second kappa shape index (κ2) is 5.25. The van der Waals surface area contributed by atoms with Gasteiger partial charge in [0.15, 0.2) is 0 Å². The Morgan fingerprint density at radius 2 is 2.06 bits per heavy atom. The Kier molecular flexibility index (Phi) is 3.99. The molecule has 1 N–H and O–H groups in total. The highest BCUT2D eigenvalue weighted by atomic mass is 19.3. The van der Waals surface area contributed by atoms with Crippen molar-refractivity contribution in [3.05, 3.63) is 35.9 Å². The summed E-state index contributed by atoms with van der Waals surface area (Å²) in [4.78, 5) is 10.5. The van der Waals surface area contributed by atoms with Gasteiger partial charge in [0.1, 0.15) is 5.75 Å². The fourth-order valence-electron chi connectivity index (χ4n) is 1.25. The third-order valence-corrected chi connectivity index (χ3v) is 1.87. The molecule has 0 spiro atoms. The van der Waals surface area contributed by atoms with Crippen LogP contribution >= 0.6 is 0 Å². The molecule has 0 unspecified atom stereocenters. The molecule has 0 saturated heterocycles. The first kappa shape index (κ1) is 12.2. The normalized spacial score (nSPS) is 11.6. The summed E-state index contributed by atoms with van der Waals surface area (Å²) < 4.78 is 28.4. The van der Waals surface area contributed by atoms with E-state index in [2.05, 4.69) is 4.74 Å². The highest BCUT2D eigenvalue weighted by molar-refractivity contribution is 5.90. The molecule has 1 rings (SSSR count). The lowest BCUT2D eigenvalue weighted by Crippen LogP contribution is -2.04. The molecule has 0 aliphatic carbocycles. The Hall–Kier alpha value is -1.91. The van der Waals surface area contributed by atoms with Gasteiger partial charge in [0.2, 0.25) is 0 Å². The number of hydrogen-bond donors (Lipinski definition) is 1. The van der Waals surface area contributed by atoms with E-state index in [4.69, 9.17) is 5.11 Å². The number of allylic oxidation sites excluding steroid dienone is 1. The molecule has 0 aliphatic heterocycles. The number of halogens is 2. The maximum atomic E-state index is 12.1. The number of ether oxygens (including phenoxy) is 1. The predicted molar refractivity (Wildman–Crippen MR) is 54.4 cm³/mol. The van der Waals surface area contributed by atoms with Crippen molar-refractivity contribution >= 4 is 11.5 Å². The van der Waals surface area contributed by atoms with Gasteiger partial charge in [-0.3, -0.25) is 0 Å². The van der Waals surface area contributed by atoms with Crippen molar-refractivity contribution in [3.63, 3.8) is 0 Å². The van der Waals surface area contributed by atoms with E-state index in [1.165, 1.54) is 25.1 Å². The lowest BCUT2D eigenvalue weighted by atomic mass is 10.1. The molecule has 16 heavy (non-hydrogen) atoms. The first-order valence-corrected chi connectivity index (χ1v) is 4.46. The number of para-hydroxylation sites is 1. The van der Waals surface area contributed by atoms with Crippen LogP contribution in [0.5, 0.6) is 5.75 Å². The van der Waals surface area contributed by atoms with Gasteiger partial charge in [0.05, 0.1) is 0 Å². The lowest BCUT2D eigenvalue weighted by molar-refractivity contribution is -0.131. The molecule has 5 heteroatoms. The molecule has 0 heterocycles. The van der Waals surface area contributed by atoms with Gasteiger partial charge in [-0.05, 0) is 18.6 Å². The largest absolute Gasteiger partial charge is 0.478 e. The van der Waals surface area contributed by atoms with E-state index in [0.29, 0.717) is 11.1 Å². The molecule has 0 saturated carbocycles. The van der Waals surface area contributed by atoms with E-state index in [9.17, 15) is 13.6 Å². The molecule has 1 aromatic carbocycles. The summed E-state index contributed by atoms with van der Waals surface area (Å²) in [5, 5.41) is 8.55. The van der Waals surface area contributed by atoms with Crippen molar-refractivity contribution < 1.29 is 23.4 Å². The summed E-state index contributed by atoms with van der Waals surface area (Å²) in [5.74, 6) is -1.17. The van der Waals surface area contributed by atoms with Crippen LogP contribution in [-0.4, -0.2) is 17.7 Å². The van der Waals surface area contributed by atoms with Crippen molar-refractivity contribution in [3.8, 4) is 5.75 Å². The van der Waals surface area contributed by atoms with Crippen LogP contribution in [0.2, 0.25) is 0 Å². The average molecular weight is 228 g/mol. The van der Waals surface area contributed by atoms with Gasteiger partial charge >= 0.3 is 12.6 Å². The van der Waals surface area contributed by atoms with Gasteiger partial charge in [-0.25, -0.2) is 4.79 Å². The quantitative estimate of drug-likeness (QED) is 0.806. The Bertz CT molecular complexity index is 413. The number of carboxylic acid groups (broad SMARTS) is 1. The zero-order valence-electron chi connectivity index (χ0n) is 8.48. The van der Waals surface area contributed by atoms with Gasteiger partial charge in [-0.15, -0.1) is 0 Å². The van der Waals surface area contributed by atoms with Gasteiger partial charge in [0.25, 0.3) is 0 Å². The predicted octanol–water partition coefficient (Wildman–Crippen LogP) is 2.78. The van der Waals surface area contributed by atoms with Crippen molar-refractivity contribution in [1.29, 1.82) is 0 Å². The summed E-state index contributed by atoms with van der Waals surface area (Å²) in [7, 11) is 0. The minimum Gasteiger partial charge on any atom is -0.478 e. The first-order chi connectivity index (χ1) is 7.50. The van der Waals surface area contributed by atoms with Crippen LogP contribution in [0, 0.1) is 0 Å². The first-order valence-electron chi connectivity index (χ1n) is 4.46. The van der Waals surface area contributed by atoms with E-state index < -0.39 is 12.6 Å². The van der Waals surface area contributed by atoms with Crippen LogP contribution in [0.25, 0.3) is 5.57 Å². The minimum absolute atomic E-state index is 0.0347. The number of hydrogen-bond acceptors (Lipinski definition) is 2. The minimum atomic E-state index is -2.93. The molecule has 0 aromatic heterocycles. The molecule has 0 amide bonds.